The summed E-state index contributed by atoms with van der Waals surface area (Å²) in [5.41, 5.74) is 4.58. The Hall–Kier alpha value is -2.56. The Morgan fingerprint density at radius 1 is 1.09 bits per heavy atom. The van der Waals surface area contributed by atoms with Crippen molar-refractivity contribution in [3.8, 4) is 0 Å². The van der Waals surface area contributed by atoms with Crippen molar-refractivity contribution in [2.75, 3.05) is 17.2 Å². The van der Waals surface area contributed by atoms with Crippen molar-refractivity contribution >= 4 is 23.3 Å². The summed E-state index contributed by atoms with van der Waals surface area (Å²) in [6.45, 7) is 6.38. The van der Waals surface area contributed by atoms with E-state index in [0.717, 1.165) is 24.2 Å². The molecule has 0 aliphatic rings. The molecule has 1 aromatic carbocycles. The Morgan fingerprint density at radius 3 is 2.30 bits per heavy atom. The van der Waals surface area contributed by atoms with Crippen LogP contribution in [-0.2, 0) is 17.6 Å². The van der Waals surface area contributed by atoms with Crippen LogP contribution in [0.25, 0.3) is 0 Å². The highest BCUT2D eigenvalue weighted by atomic mass is 16.5. The second kappa shape index (κ2) is 8.17. The standard InChI is InChI=1S/C18H23N3O2/c1-4-13-8-7-9-14(5-2)17(13)20-15-10-11-16(19-12-15)21-18(22)23-6-3/h7-12,20H,4-6H2,1-3H3,(H,19,21,22). The molecule has 1 amide bonds. The summed E-state index contributed by atoms with van der Waals surface area (Å²) in [6, 6.07) is 9.99. The Balaban J connectivity index is 2.14. The largest absolute Gasteiger partial charge is 0.450 e. The molecule has 122 valence electrons. The van der Waals surface area contributed by atoms with Crippen LogP contribution < -0.4 is 10.6 Å². The highest BCUT2D eigenvalue weighted by Gasteiger charge is 2.07. The Labute approximate surface area is 137 Å². The molecule has 2 N–H and O–H groups in total. The first kappa shape index (κ1) is 16.8. The molecule has 2 aromatic rings. The SMILES string of the molecule is CCOC(=O)Nc1ccc(Nc2c(CC)cccc2CC)cn1. The quantitative estimate of drug-likeness (QED) is 0.823. The number of pyridine rings is 1. The molecule has 0 aliphatic carbocycles. The van der Waals surface area contributed by atoms with Gasteiger partial charge in [0.15, 0.2) is 0 Å². The molecule has 0 saturated heterocycles. The summed E-state index contributed by atoms with van der Waals surface area (Å²) in [5.74, 6) is 0.466. The molecule has 5 nitrogen and oxygen atoms in total. The molecule has 0 atom stereocenters. The van der Waals surface area contributed by atoms with E-state index < -0.39 is 6.09 Å². The smallest absolute Gasteiger partial charge is 0.412 e. The number of hydrogen-bond acceptors (Lipinski definition) is 4. The molecule has 2 rings (SSSR count). The number of anilines is 3. The number of aromatic nitrogens is 1. The van der Waals surface area contributed by atoms with Crippen LogP contribution in [0, 0.1) is 0 Å². The van der Waals surface area contributed by atoms with E-state index in [9.17, 15) is 4.79 Å². The third-order valence-corrected chi connectivity index (χ3v) is 3.54. The summed E-state index contributed by atoms with van der Waals surface area (Å²) in [7, 11) is 0. The molecule has 0 radical (unpaired) electrons. The second-order valence-electron chi connectivity index (χ2n) is 5.06. The van der Waals surface area contributed by atoms with E-state index in [0.29, 0.717) is 12.4 Å². The summed E-state index contributed by atoms with van der Waals surface area (Å²) in [6.07, 6.45) is 3.14. The number of carbonyl (C=O) groups excluding carboxylic acids is 1. The maximum atomic E-state index is 11.4. The van der Waals surface area contributed by atoms with Gasteiger partial charge in [0.05, 0.1) is 18.5 Å². The van der Waals surface area contributed by atoms with Gasteiger partial charge in [0.25, 0.3) is 0 Å². The summed E-state index contributed by atoms with van der Waals surface area (Å²) in [4.78, 5) is 15.6. The maximum absolute atomic E-state index is 11.4. The highest BCUT2D eigenvalue weighted by molar-refractivity contribution is 5.83. The monoisotopic (exact) mass is 313 g/mol. The number of nitrogens with zero attached hydrogens (tertiary/aromatic N) is 1. The topological polar surface area (TPSA) is 63.2 Å². The zero-order chi connectivity index (χ0) is 16.7. The van der Waals surface area contributed by atoms with Crippen LogP contribution in [0.4, 0.5) is 22.0 Å². The van der Waals surface area contributed by atoms with Gasteiger partial charge in [0.2, 0.25) is 0 Å². The molecule has 0 saturated carbocycles. The molecule has 5 heteroatoms. The summed E-state index contributed by atoms with van der Waals surface area (Å²) < 4.78 is 4.83. The molecule has 0 aliphatic heterocycles. The molecule has 1 heterocycles. The van der Waals surface area contributed by atoms with Crippen molar-refractivity contribution in [1.29, 1.82) is 0 Å². The number of rotatable bonds is 6. The van der Waals surface area contributed by atoms with Gasteiger partial charge in [-0.2, -0.15) is 0 Å². The number of aryl methyl sites for hydroxylation is 2. The van der Waals surface area contributed by atoms with Crippen LogP contribution in [0.5, 0.6) is 0 Å². The predicted molar refractivity (Wildman–Crippen MR) is 93.4 cm³/mol. The maximum Gasteiger partial charge on any atom is 0.412 e. The van der Waals surface area contributed by atoms with E-state index in [1.807, 2.05) is 6.07 Å². The van der Waals surface area contributed by atoms with Crippen LogP contribution in [-0.4, -0.2) is 17.7 Å². The lowest BCUT2D eigenvalue weighted by Gasteiger charge is -2.15. The summed E-state index contributed by atoms with van der Waals surface area (Å²) in [5, 5.41) is 6.02. The number of nitrogens with one attached hydrogen (secondary N) is 2. The lowest BCUT2D eigenvalue weighted by atomic mass is 10.0. The lowest BCUT2D eigenvalue weighted by molar-refractivity contribution is 0.168. The fourth-order valence-corrected chi connectivity index (χ4v) is 2.36. The zero-order valence-corrected chi connectivity index (χ0v) is 13.8. The number of para-hydroxylation sites is 1. The third-order valence-electron chi connectivity index (χ3n) is 3.54. The van der Waals surface area contributed by atoms with Crippen molar-refractivity contribution < 1.29 is 9.53 Å². The number of hydrogen-bond donors (Lipinski definition) is 2. The average Bonchev–Trinajstić information content (AvgIpc) is 2.57. The summed E-state index contributed by atoms with van der Waals surface area (Å²) >= 11 is 0. The first-order chi connectivity index (χ1) is 11.2. The number of amides is 1. The minimum absolute atomic E-state index is 0.332. The zero-order valence-electron chi connectivity index (χ0n) is 13.8. The number of carbonyl (C=O) groups is 1. The van der Waals surface area contributed by atoms with Crippen LogP contribution >= 0.6 is 0 Å². The van der Waals surface area contributed by atoms with Crippen LogP contribution in [0.15, 0.2) is 36.5 Å². The fraction of sp³-hybridized carbons (Fsp3) is 0.333. The van der Waals surface area contributed by atoms with E-state index >= 15 is 0 Å². The van der Waals surface area contributed by atoms with E-state index in [-0.39, 0.29) is 0 Å². The normalized spacial score (nSPS) is 10.2. The van der Waals surface area contributed by atoms with Gasteiger partial charge in [-0.1, -0.05) is 32.0 Å². The third kappa shape index (κ3) is 4.45. The van der Waals surface area contributed by atoms with Crippen molar-refractivity contribution in [3.05, 3.63) is 47.7 Å². The van der Waals surface area contributed by atoms with Crippen LogP contribution in [0.2, 0.25) is 0 Å². The van der Waals surface area contributed by atoms with Gasteiger partial charge in [0, 0.05) is 5.69 Å². The minimum atomic E-state index is -0.495. The Bertz CT molecular complexity index is 632. The number of benzene rings is 1. The van der Waals surface area contributed by atoms with Gasteiger partial charge >= 0.3 is 6.09 Å². The molecular formula is C18H23N3O2. The van der Waals surface area contributed by atoms with Gasteiger partial charge in [-0.25, -0.2) is 9.78 Å². The second-order valence-corrected chi connectivity index (χ2v) is 5.06. The van der Waals surface area contributed by atoms with Crippen molar-refractivity contribution in [2.45, 2.75) is 33.6 Å². The average molecular weight is 313 g/mol. The van der Waals surface area contributed by atoms with E-state index in [4.69, 9.17) is 4.74 Å². The molecule has 1 aromatic heterocycles. The van der Waals surface area contributed by atoms with E-state index in [1.165, 1.54) is 11.1 Å². The molecule has 23 heavy (non-hydrogen) atoms. The van der Waals surface area contributed by atoms with Gasteiger partial charge in [-0.3, -0.25) is 5.32 Å². The molecule has 0 bridgehead atoms. The minimum Gasteiger partial charge on any atom is -0.450 e. The first-order valence-electron chi connectivity index (χ1n) is 7.95. The van der Waals surface area contributed by atoms with Crippen molar-refractivity contribution in [2.24, 2.45) is 0 Å². The van der Waals surface area contributed by atoms with Crippen molar-refractivity contribution in [3.63, 3.8) is 0 Å². The Kier molecular flexibility index (Phi) is 5.97. The van der Waals surface area contributed by atoms with Crippen LogP contribution in [0.1, 0.15) is 31.9 Å². The van der Waals surface area contributed by atoms with Gasteiger partial charge in [-0.05, 0) is 43.0 Å². The predicted octanol–water partition coefficient (Wildman–Crippen LogP) is 4.52. The van der Waals surface area contributed by atoms with Gasteiger partial charge in [-0.15, -0.1) is 0 Å². The molecule has 0 fully saturated rings. The molecular weight excluding hydrogens is 290 g/mol. The van der Waals surface area contributed by atoms with Gasteiger partial charge < -0.3 is 10.1 Å². The lowest BCUT2D eigenvalue weighted by Crippen LogP contribution is -2.14. The molecule has 0 spiro atoms. The van der Waals surface area contributed by atoms with Gasteiger partial charge in [0.1, 0.15) is 5.82 Å². The first-order valence-corrected chi connectivity index (χ1v) is 7.95. The number of ether oxygens (including phenoxy) is 1. The fourth-order valence-electron chi connectivity index (χ4n) is 2.36. The van der Waals surface area contributed by atoms with E-state index in [2.05, 4.69) is 47.7 Å². The molecule has 0 unspecified atom stereocenters. The van der Waals surface area contributed by atoms with Crippen LogP contribution in [0.3, 0.4) is 0 Å². The Morgan fingerprint density at radius 2 is 1.78 bits per heavy atom. The van der Waals surface area contributed by atoms with E-state index in [1.54, 1.807) is 19.2 Å². The van der Waals surface area contributed by atoms with Crippen molar-refractivity contribution in [1.82, 2.24) is 4.98 Å². The highest BCUT2D eigenvalue weighted by Crippen LogP contribution is 2.26.